The van der Waals surface area contributed by atoms with Crippen LogP contribution in [0.2, 0.25) is 0 Å². The number of nitrogens with one attached hydrogen (secondary N) is 1. The van der Waals surface area contributed by atoms with Crippen LogP contribution in [-0.4, -0.2) is 16.5 Å². The average Bonchev–Trinajstić information content (AvgIpc) is 3.12. The summed E-state index contributed by atoms with van der Waals surface area (Å²) in [6.07, 6.45) is 9.39. The van der Waals surface area contributed by atoms with Gasteiger partial charge in [0.15, 0.2) is 0 Å². The minimum absolute atomic E-state index is 0.639. The first-order valence-electron chi connectivity index (χ1n) is 8.57. The van der Waals surface area contributed by atoms with E-state index >= 15 is 0 Å². The third kappa shape index (κ3) is 2.68. The molecule has 0 aromatic carbocycles. The summed E-state index contributed by atoms with van der Waals surface area (Å²) in [4.78, 5) is 10.00. The Hall–Kier alpha value is -0.390. The summed E-state index contributed by atoms with van der Waals surface area (Å²) in [7, 11) is 0. The first-order valence-corrected chi connectivity index (χ1v) is 9.65. The van der Waals surface area contributed by atoms with Gasteiger partial charge in [-0.1, -0.05) is 13.3 Å². The summed E-state index contributed by atoms with van der Waals surface area (Å²) in [5.41, 5.74) is 1.34. The highest BCUT2D eigenvalue weighted by Crippen LogP contribution is 2.53. The van der Waals surface area contributed by atoms with Gasteiger partial charge in [-0.05, 0) is 73.0 Å². The first kappa shape index (κ1) is 14.2. The summed E-state index contributed by atoms with van der Waals surface area (Å²) < 4.78 is 1.27. The van der Waals surface area contributed by atoms with E-state index in [1.54, 1.807) is 0 Å². The van der Waals surface area contributed by atoms with Crippen LogP contribution in [0.3, 0.4) is 0 Å². The third-order valence-corrected chi connectivity index (χ3v) is 6.53. The zero-order valence-electron chi connectivity index (χ0n) is 12.7. The van der Waals surface area contributed by atoms with Crippen molar-refractivity contribution in [3.05, 3.63) is 15.1 Å². The molecule has 3 atom stereocenters. The second-order valence-electron chi connectivity index (χ2n) is 7.11. The highest BCUT2D eigenvalue weighted by atomic mass is 127. The molecule has 0 aliphatic heterocycles. The molecule has 4 rings (SSSR count). The van der Waals surface area contributed by atoms with Crippen LogP contribution >= 0.6 is 22.6 Å². The van der Waals surface area contributed by atoms with Gasteiger partial charge in [-0.2, -0.15) is 0 Å². The molecular weight excluding hydrogens is 373 g/mol. The number of rotatable bonds is 5. The van der Waals surface area contributed by atoms with Gasteiger partial charge in [-0.3, -0.25) is 0 Å². The number of aromatic nitrogens is 2. The van der Waals surface area contributed by atoms with Gasteiger partial charge in [0.2, 0.25) is 0 Å². The van der Waals surface area contributed by atoms with Crippen LogP contribution in [0.25, 0.3) is 0 Å². The van der Waals surface area contributed by atoms with E-state index in [0.717, 1.165) is 36.4 Å². The van der Waals surface area contributed by atoms with Gasteiger partial charge in [0, 0.05) is 18.4 Å². The Balaban J connectivity index is 1.67. The lowest BCUT2D eigenvalue weighted by Crippen LogP contribution is -2.16. The second kappa shape index (κ2) is 5.67. The molecule has 3 saturated carbocycles. The lowest BCUT2D eigenvalue weighted by atomic mass is 9.88. The summed E-state index contributed by atoms with van der Waals surface area (Å²) in [5.74, 6) is 5.43. The molecule has 1 aromatic heterocycles. The molecule has 3 unspecified atom stereocenters. The fourth-order valence-electron chi connectivity index (χ4n) is 4.20. The van der Waals surface area contributed by atoms with Crippen molar-refractivity contribution in [2.45, 2.75) is 63.7 Å². The van der Waals surface area contributed by atoms with Gasteiger partial charge in [0.25, 0.3) is 0 Å². The number of fused-ring (bicyclic) bond motifs is 2. The van der Waals surface area contributed by atoms with Crippen molar-refractivity contribution in [1.29, 1.82) is 0 Å². The lowest BCUT2D eigenvalue weighted by Gasteiger charge is -2.22. The summed E-state index contributed by atoms with van der Waals surface area (Å²) >= 11 is 2.45. The van der Waals surface area contributed by atoms with E-state index in [1.807, 2.05) is 0 Å². The molecule has 0 spiro atoms. The molecule has 1 heterocycles. The Bertz CT molecular complexity index is 541. The summed E-state index contributed by atoms with van der Waals surface area (Å²) in [6.45, 7) is 3.22. The van der Waals surface area contributed by atoms with Crippen LogP contribution in [0, 0.1) is 15.4 Å². The SMILES string of the molecule is CCCNc1nc(C2CC3CCC2C3)nc(C2CC2)c1I. The first-order chi connectivity index (χ1) is 10.3. The Morgan fingerprint density at radius 1 is 1.14 bits per heavy atom. The van der Waals surface area contributed by atoms with Gasteiger partial charge >= 0.3 is 0 Å². The van der Waals surface area contributed by atoms with Gasteiger partial charge in [-0.15, -0.1) is 0 Å². The molecule has 3 aliphatic carbocycles. The van der Waals surface area contributed by atoms with E-state index in [-0.39, 0.29) is 0 Å². The molecule has 114 valence electrons. The minimum Gasteiger partial charge on any atom is -0.369 e. The van der Waals surface area contributed by atoms with Crippen molar-refractivity contribution >= 4 is 28.4 Å². The van der Waals surface area contributed by atoms with Crippen LogP contribution in [0.4, 0.5) is 5.82 Å². The maximum atomic E-state index is 5.05. The Labute approximate surface area is 140 Å². The molecule has 3 nitrogen and oxygen atoms in total. The smallest absolute Gasteiger partial charge is 0.143 e. The maximum Gasteiger partial charge on any atom is 0.143 e. The molecule has 2 bridgehead atoms. The minimum atomic E-state index is 0.639. The topological polar surface area (TPSA) is 37.8 Å². The molecule has 0 saturated heterocycles. The van der Waals surface area contributed by atoms with Crippen molar-refractivity contribution < 1.29 is 0 Å². The zero-order valence-corrected chi connectivity index (χ0v) is 14.9. The number of nitrogens with zero attached hydrogens (tertiary/aromatic N) is 2. The van der Waals surface area contributed by atoms with Gasteiger partial charge in [0.1, 0.15) is 11.6 Å². The number of hydrogen-bond donors (Lipinski definition) is 1. The van der Waals surface area contributed by atoms with Gasteiger partial charge in [-0.25, -0.2) is 9.97 Å². The molecule has 1 N–H and O–H groups in total. The van der Waals surface area contributed by atoms with Crippen molar-refractivity contribution in [2.75, 3.05) is 11.9 Å². The van der Waals surface area contributed by atoms with Crippen LogP contribution < -0.4 is 5.32 Å². The van der Waals surface area contributed by atoms with E-state index in [4.69, 9.17) is 9.97 Å². The molecular formula is C17H24IN3. The van der Waals surface area contributed by atoms with Crippen molar-refractivity contribution in [2.24, 2.45) is 11.8 Å². The van der Waals surface area contributed by atoms with Gasteiger partial charge in [0.05, 0.1) is 9.26 Å². The number of hydrogen-bond acceptors (Lipinski definition) is 3. The van der Waals surface area contributed by atoms with Crippen LogP contribution in [0.1, 0.15) is 75.2 Å². The van der Waals surface area contributed by atoms with E-state index in [0.29, 0.717) is 11.8 Å². The second-order valence-corrected chi connectivity index (χ2v) is 8.19. The molecule has 21 heavy (non-hydrogen) atoms. The average molecular weight is 397 g/mol. The predicted molar refractivity (Wildman–Crippen MR) is 93.7 cm³/mol. The Morgan fingerprint density at radius 3 is 2.62 bits per heavy atom. The summed E-state index contributed by atoms with van der Waals surface area (Å²) in [5, 5.41) is 3.53. The monoisotopic (exact) mass is 397 g/mol. The lowest BCUT2D eigenvalue weighted by molar-refractivity contribution is 0.404. The molecule has 0 amide bonds. The van der Waals surface area contributed by atoms with Crippen molar-refractivity contribution in [3.8, 4) is 0 Å². The Morgan fingerprint density at radius 2 is 2.00 bits per heavy atom. The fourth-order valence-corrected chi connectivity index (χ4v) is 5.07. The van der Waals surface area contributed by atoms with E-state index < -0.39 is 0 Å². The highest BCUT2D eigenvalue weighted by molar-refractivity contribution is 14.1. The van der Waals surface area contributed by atoms with Crippen LogP contribution in [0.5, 0.6) is 0 Å². The quantitative estimate of drug-likeness (QED) is 0.733. The third-order valence-electron chi connectivity index (χ3n) is 5.47. The fraction of sp³-hybridized carbons (Fsp3) is 0.765. The number of halogens is 1. The standard InChI is InChI=1S/C17H24IN3/c1-2-7-19-17-14(18)15(11-5-6-11)20-16(21-17)13-9-10-3-4-12(13)8-10/h10-13H,2-9H2,1H3,(H,19,20,21). The molecule has 3 fully saturated rings. The largest absolute Gasteiger partial charge is 0.369 e. The van der Waals surface area contributed by atoms with Gasteiger partial charge < -0.3 is 5.32 Å². The van der Waals surface area contributed by atoms with Crippen molar-refractivity contribution in [1.82, 2.24) is 9.97 Å². The molecule has 0 radical (unpaired) electrons. The predicted octanol–water partition coefficient (Wildman–Crippen LogP) is 4.68. The highest BCUT2D eigenvalue weighted by Gasteiger charge is 2.42. The molecule has 3 aliphatic rings. The van der Waals surface area contributed by atoms with E-state index in [2.05, 4.69) is 34.8 Å². The van der Waals surface area contributed by atoms with Crippen molar-refractivity contribution in [3.63, 3.8) is 0 Å². The molecule has 4 heteroatoms. The van der Waals surface area contributed by atoms with E-state index in [1.165, 1.54) is 47.8 Å². The van der Waals surface area contributed by atoms with Crippen LogP contribution in [-0.2, 0) is 0 Å². The number of anilines is 1. The zero-order chi connectivity index (χ0) is 14.4. The van der Waals surface area contributed by atoms with E-state index in [9.17, 15) is 0 Å². The molecule has 1 aromatic rings. The normalized spacial score (nSPS) is 30.9. The maximum absolute atomic E-state index is 5.05. The summed E-state index contributed by atoms with van der Waals surface area (Å²) in [6, 6.07) is 0. The Kier molecular flexibility index (Phi) is 3.84. The van der Waals surface area contributed by atoms with Crippen LogP contribution in [0.15, 0.2) is 0 Å².